The first-order valence-electron chi connectivity index (χ1n) is 7.19. The molecule has 1 N–H and O–H groups in total. The van der Waals surface area contributed by atoms with Crippen molar-refractivity contribution >= 4 is 15.9 Å². The predicted molar refractivity (Wildman–Crippen MR) is 87.9 cm³/mol. The third-order valence-corrected chi connectivity index (χ3v) is 4.39. The Bertz CT molecular complexity index is 559. The van der Waals surface area contributed by atoms with Crippen molar-refractivity contribution in [3.8, 4) is 0 Å². The number of hydrogen-bond donors (Lipinski definition) is 1. The molecule has 1 rings (SSSR count). The fraction of sp³-hybridized carbons (Fsp3) is 0.533. The number of carbonyl (C=O) groups is 1. The second kappa shape index (κ2) is 8.87. The lowest BCUT2D eigenvalue weighted by atomic mass is 10.2. The van der Waals surface area contributed by atoms with E-state index in [4.69, 9.17) is 0 Å². The molecule has 0 aliphatic heterocycles. The van der Waals surface area contributed by atoms with Crippen LogP contribution in [-0.4, -0.2) is 63.5 Å². The smallest absolute Gasteiger partial charge is 0.221 e. The van der Waals surface area contributed by atoms with Crippen LogP contribution in [0.15, 0.2) is 30.3 Å². The Morgan fingerprint density at radius 2 is 1.77 bits per heavy atom. The van der Waals surface area contributed by atoms with Gasteiger partial charge >= 0.3 is 0 Å². The molecule has 0 spiro atoms. The molecule has 0 saturated heterocycles. The normalized spacial score (nSPS) is 11.9. The summed E-state index contributed by atoms with van der Waals surface area (Å²) in [6.07, 6.45) is 1.33. The summed E-state index contributed by atoms with van der Waals surface area (Å²) in [6, 6.07) is 9.35. The monoisotopic (exact) mass is 327 g/mol. The van der Waals surface area contributed by atoms with Gasteiger partial charge < -0.3 is 10.2 Å². The summed E-state index contributed by atoms with van der Waals surface area (Å²) in [5.74, 6) is -0.136. The van der Waals surface area contributed by atoms with Crippen molar-refractivity contribution < 1.29 is 13.2 Å². The van der Waals surface area contributed by atoms with Crippen LogP contribution < -0.4 is 5.32 Å². The van der Waals surface area contributed by atoms with Crippen LogP contribution in [0.4, 0.5) is 0 Å². The van der Waals surface area contributed by atoms with Crippen LogP contribution in [0.2, 0.25) is 0 Å². The van der Waals surface area contributed by atoms with Gasteiger partial charge in [0.2, 0.25) is 15.9 Å². The van der Waals surface area contributed by atoms with E-state index in [2.05, 4.69) is 5.32 Å². The molecule has 7 heteroatoms. The van der Waals surface area contributed by atoms with Crippen molar-refractivity contribution in [2.45, 2.75) is 13.0 Å². The third-order valence-electron chi connectivity index (χ3n) is 3.14. The lowest BCUT2D eigenvalue weighted by molar-refractivity contribution is -0.121. The van der Waals surface area contributed by atoms with Gasteiger partial charge in [0.25, 0.3) is 0 Å². The van der Waals surface area contributed by atoms with E-state index in [-0.39, 0.29) is 25.4 Å². The molecule has 0 unspecified atom stereocenters. The topological polar surface area (TPSA) is 69.7 Å². The quantitative estimate of drug-likeness (QED) is 0.718. The molecular weight excluding hydrogens is 302 g/mol. The van der Waals surface area contributed by atoms with Gasteiger partial charge in [0.15, 0.2) is 0 Å². The summed E-state index contributed by atoms with van der Waals surface area (Å²) in [5.41, 5.74) is 0.904. The number of carbonyl (C=O) groups excluding carboxylic acids is 1. The van der Waals surface area contributed by atoms with Crippen molar-refractivity contribution in [2.24, 2.45) is 0 Å². The van der Waals surface area contributed by atoms with Gasteiger partial charge in [0, 0.05) is 32.6 Å². The molecule has 0 bridgehead atoms. The molecule has 0 aromatic heterocycles. The highest BCUT2D eigenvalue weighted by atomic mass is 32.2. The van der Waals surface area contributed by atoms with Gasteiger partial charge in [-0.1, -0.05) is 30.3 Å². The molecule has 1 amide bonds. The number of rotatable bonds is 9. The zero-order chi connectivity index (χ0) is 16.6. The van der Waals surface area contributed by atoms with Gasteiger partial charge in [-0.2, -0.15) is 4.31 Å². The molecule has 0 radical (unpaired) electrons. The van der Waals surface area contributed by atoms with Gasteiger partial charge in [-0.25, -0.2) is 8.42 Å². The van der Waals surface area contributed by atoms with Gasteiger partial charge in [-0.15, -0.1) is 0 Å². The van der Waals surface area contributed by atoms with Crippen molar-refractivity contribution in [2.75, 3.05) is 40.0 Å². The van der Waals surface area contributed by atoms with E-state index in [1.165, 1.54) is 10.6 Å². The molecule has 0 atom stereocenters. The second-order valence-electron chi connectivity index (χ2n) is 5.49. The van der Waals surface area contributed by atoms with Crippen molar-refractivity contribution in [3.63, 3.8) is 0 Å². The summed E-state index contributed by atoms with van der Waals surface area (Å²) in [7, 11) is 0.508. The Morgan fingerprint density at radius 3 is 2.32 bits per heavy atom. The molecule has 0 saturated carbocycles. The predicted octanol–water partition coefficient (Wildman–Crippen LogP) is 0.516. The van der Waals surface area contributed by atoms with E-state index in [1.807, 2.05) is 49.3 Å². The van der Waals surface area contributed by atoms with Crippen molar-refractivity contribution in [1.82, 2.24) is 14.5 Å². The zero-order valence-electron chi connectivity index (χ0n) is 13.4. The van der Waals surface area contributed by atoms with Gasteiger partial charge in [-0.3, -0.25) is 4.79 Å². The number of amides is 1. The van der Waals surface area contributed by atoms with Crippen molar-refractivity contribution in [3.05, 3.63) is 35.9 Å². The van der Waals surface area contributed by atoms with Crippen LogP contribution in [0, 0.1) is 0 Å². The lowest BCUT2D eigenvalue weighted by Gasteiger charge is -2.20. The van der Waals surface area contributed by atoms with Crippen LogP contribution in [0.1, 0.15) is 12.0 Å². The van der Waals surface area contributed by atoms with Crippen molar-refractivity contribution in [1.29, 1.82) is 0 Å². The SMILES string of the molecule is CN(C)CCNC(=O)CCN(Cc1ccccc1)S(C)(=O)=O. The fourth-order valence-electron chi connectivity index (χ4n) is 1.88. The Balaban J connectivity index is 2.51. The van der Waals surface area contributed by atoms with Crippen LogP contribution in [-0.2, 0) is 21.4 Å². The molecule has 0 heterocycles. The summed E-state index contributed by atoms with van der Waals surface area (Å²) in [6.45, 7) is 1.78. The standard InChI is InChI=1S/C15H25N3O3S/c1-17(2)12-10-16-15(19)9-11-18(22(3,20)21)13-14-7-5-4-6-8-14/h4-8H,9-13H2,1-3H3,(H,16,19). The Morgan fingerprint density at radius 1 is 1.14 bits per heavy atom. The molecular formula is C15H25N3O3S. The van der Waals surface area contributed by atoms with Crippen LogP contribution in [0.25, 0.3) is 0 Å². The highest BCUT2D eigenvalue weighted by Crippen LogP contribution is 2.08. The maximum absolute atomic E-state index is 11.8. The van der Waals surface area contributed by atoms with Gasteiger partial charge in [0.05, 0.1) is 6.26 Å². The van der Waals surface area contributed by atoms with E-state index in [1.54, 1.807) is 0 Å². The average Bonchev–Trinajstić information content (AvgIpc) is 2.43. The van der Waals surface area contributed by atoms with E-state index >= 15 is 0 Å². The molecule has 0 aliphatic carbocycles. The van der Waals surface area contributed by atoms with Crippen LogP contribution in [0.5, 0.6) is 0 Å². The lowest BCUT2D eigenvalue weighted by Crippen LogP contribution is -2.36. The summed E-state index contributed by atoms with van der Waals surface area (Å²) in [4.78, 5) is 13.7. The van der Waals surface area contributed by atoms with E-state index < -0.39 is 10.0 Å². The number of sulfonamides is 1. The summed E-state index contributed by atoms with van der Waals surface area (Å²) < 4.78 is 25.0. The van der Waals surface area contributed by atoms with Crippen LogP contribution in [0.3, 0.4) is 0 Å². The third kappa shape index (κ3) is 7.53. The largest absolute Gasteiger partial charge is 0.355 e. The van der Waals surface area contributed by atoms with E-state index in [0.717, 1.165) is 12.1 Å². The number of likely N-dealkylation sites (N-methyl/N-ethyl adjacent to an activating group) is 1. The van der Waals surface area contributed by atoms with Gasteiger partial charge in [0.1, 0.15) is 0 Å². The Labute approximate surface area is 133 Å². The number of nitrogens with one attached hydrogen (secondary N) is 1. The molecule has 22 heavy (non-hydrogen) atoms. The number of hydrogen-bond acceptors (Lipinski definition) is 4. The minimum absolute atomic E-state index is 0.136. The summed E-state index contributed by atoms with van der Waals surface area (Å²) in [5, 5.41) is 2.78. The minimum Gasteiger partial charge on any atom is -0.355 e. The number of nitrogens with zero attached hydrogens (tertiary/aromatic N) is 2. The molecule has 1 aromatic rings. The van der Waals surface area contributed by atoms with E-state index in [9.17, 15) is 13.2 Å². The second-order valence-corrected chi connectivity index (χ2v) is 7.47. The molecule has 6 nitrogen and oxygen atoms in total. The first kappa shape index (κ1) is 18.6. The Hall–Kier alpha value is -1.44. The Kier molecular flexibility index (Phi) is 7.50. The van der Waals surface area contributed by atoms with Gasteiger partial charge in [-0.05, 0) is 19.7 Å². The van der Waals surface area contributed by atoms with Crippen LogP contribution >= 0.6 is 0 Å². The highest BCUT2D eigenvalue weighted by molar-refractivity contribution is 7.88. The maximum atomic E-state index is 11.8. The van der Waals surface area contributed by atoms with E-state index in [0.29, 0.717) is 6.54 Å². The molecule has 124 valence electrons. The number of benzene rings is 1. The maximum Gasteiger partial charge on any atom is 0.221 e. The minimum atomic E-state index is -3.35. The first-order chi connectivity index (χ1) is 10.3. The zero-order valence-corrected chi connectivity index (χ0v) is 14.3. The molecule has 0 aliphatic rings. The highest BCUT2D eigenvalue weighted by Gasteiger charge is 2.18. The summed E-state index contributed by atoms with van der Waals surface area (Å²) >= 11 is 0. The first-order valence-corrected chi connectivity index (χ1v) is 9.04. The fourth-order valence-corrected chi connectivity index (χ4v) is 2.69. The average molecular weight is 327 g/mol. The molecule has 1 aromatic carbocycles. The molecule has 0 fully saturated rings.